The number of ketones is 1. The Morgan fingerprint density at radius 1 is 0.933 bits per heavy atom. The third-order valence-corrected chi connectivity index (χ3v) is 4.42. The second-order valence-electron chi connectivity index (χ2n) is 6.53. The molecule has 0 aromatic heterocycles. The van der Waals surface area contributed by atoms with Gasteiger partial charge in [0.1, 0.15) is 24.8 Å². The number of hydrogen-bond acceptors (Lipinski definition) is 5. The van der Waals surface area contributed by atoms with Gasteiger partial charge in [-0.25, -0.2) is 4.39 Å². The summed E-state index contributed by atoms with van der Waals surface area (Å²) in [5, 5.41) is 2.70. The summed E-state index contributed by atoms with van der Waals surface area (Å²) in [7, 11) is 0. The monoisotopic (exact) mass is 407 g/mol. The van der Waals surface area contributed by atoms with E-state index in [1.807, 2.05) is 6.07 Å². The van der Waals surface area contributed by atoms with E-state index in [0.717, 1.165) is 0 Å². The van der Waals surface area contributed by atoms with Gasteiger partial charge in [0, 0.05) is 11.6 Å². The van der Waals surface area contributed by atoms with Crippen LogP contribution in [-0.2, 0) is 4.79 Å². The number of ether oxygens (including phenoxy) is 3. The number of amides is 1. The molecule has 1 amide bonds. The molecule has 3 aromatic carbocycles. The summed E-state index contributed by atoms with van der Waals surface area (Å²) in [6, 6.07) is 17.2. The summed E-state index contributed by atoms with van der Waals surface area (Å²) in [5.74, 6) is 0.120. The van der Waals surface area contributed by atoms with Gasteiger partial charge in [0.05, 0.1) is 11.3 Å². The minimum atomic E-state index is -0.444. The van der Waals surface area contributed by atoms with Gasteiger partial charge in [-0.1, -0.05) is 18.2 Å². The van der Waals surface area contributed by atoms with Gasteiger partial charge in [-0.05, 0) is 42.5 Å². The predicted octanol–water partition coefficient (Wildman–Crippen LogP) is 3.85. The van der Waals surface area contributed by atoms with Gasteiger partial charge in [-0.2, -0.15) is 0 Å². The summed E-state index contributed by atoms with van der Waals surface area (Å²) in [6.07, 6.45) is 0. The van der Waals surface area contributed by atoms with E-state index in [0.29, 0.717) is 30.5 Å². The van der Waals surface area contributed by atoms with Crippen LogP contribution in [0, 0.1) is 5.82 Å². The van der Waals surface area contributed by atoms with Crippen molar-refractivity contribution in [2.75, 3.05) is 25.1 Å². The molecule has 0 fully saturated rings. The highest BCUT2D eigenvalue weighted by Gasteiger charge is 2.22. The van der Waals surface area contributed by atoms with Crippen LogP contribution < -0.4 is 19.5 Å². The first-order valence-electron chi connectivity index (χ1n) is 9.32. The zero-order valence-electron chi connectivity index (χ0n) is 15.9. The van der Waals surface area contributed by atoms with E-state index < -0.39 is 11.7 Å². The Hall–Kier alpha value is -3.87. The highest BCUT2D eigenvalue weighted by atomic mass is 19.1. The molecule has 4 rings (SSSR count). The molecular formula is C23H18FNO5. The molecule has 0 radical (unpaired) electrons. The molecule has 6 nitrogen and oxygen atoms in total. The average molecular weight is 407 g/mol. The first-order chi connectivity index (χ1) is 14.6. The Morgan fingerprint density at radius 2 is 1.60 bits per heavy atom. The lowest BCUT2D eigenvalue weighted by molar-refractivity contribution is -0.118. The standard InChI is InChI=1S/C23H18FNO5/c24-16-8-6-15(7-9-16)23(27)18-12-20-21(29-11-10-28-20)13-19(18)25-22(26)14-30-17-4-2-1-3-5-17/h1-9,12-13H,10-11,14H2,(H,25,26). The molecule has 1 aliphatic rings. The lowest BCUT2D eigenvalue weighted by Crippen LogP contribution is -2.23. The number of carbonyl (C=O) groups is 2. The highest BCUT2D eigenvalue weighted by molar-refractivity contribution is 6.14. The fourth-order valence-corrected chi connectivity index (χ4v) is 2.99. The van der Waals surface area contributed by atoms with Crippen LogP contribution in [0.2, 0.25) is 0 Å². The molecule has 1 heterocycles. The fourth-order valence-electron chi connectivity index (χ4n) is 2.99. The number of benzene rings is 3. The molecular weight excluding hydrogens is 389 g/mol. The van der Waals surface area contributed by atoms with E-state index in [2.05, 4.69) is 5.32 Å². The lowest BCUT2D eigenvalue weighted by atomic mass is 10.0. The zero-order valence-corrected chi connectivity index (χ0v) is 15.9. The Morgan fingerprint density at radius 3 is 2.30 bits per heavy atom. The van der Waals surface area contributed by atoms with E-state index in [4.69, 9.17) is 14.2 Å². The second kappa shape index (κ2) is 8.65. The molecule has 1 N–H and O–H groups in total. The van der Waals surface area contributed by atoms with Crippen molar-refractivity contribution in [3.63, 3.8) is 0 Å². The van der Waals surface area contributed by atoms with E-state index in [9.17, 15) is 14.0 Å². The summed E-state index contributed by atoms with van der Waals surface area (Å²) in [4.78, 5) is 25.5. The van der Waals surface area contributed by atoms with E-state index in [1.54, 1.807) is 30.3 Å². The van der Waals surface area contributed by atoms with Crippen molar-refractivity contribution in [1.29, 1.82) is 0 Å². The van der Waals surface area contributed by atoms with Crippen LogP contribution in [-0.4, -0.2) is 31.5 Å². The van der Waals surface area contributed by atoms with Crippen molar-refractivity contribution in [3.8, 4) is 17.2 Å². The normalized spacial score (nSPS) is 12.2. The number of halogens is 1. The molecule has 3 aromatic rings. The lowest BCUT2D eigenvalue weighted by Gasteiger charge is -2.21. The van der Waals surface area contributed by atoms with Gasteiger partial charge in [-0.3, -0.25) is 9.59 Å². The minimum absolute atomic E-state index is 0.207. The first kappa shape index (κ1) is 19.4. The molecule has 152 valence electrons. The number of rotatable bonds is 6. The molecule has 0 bridgehead atoms. The second-order valence-corrected chi connectivity index (χ2v) is 6.53. The fraction of sp³-hybridized carbons (Fsp3) is 0.130. The number of nitrogens with one attached hydrogen (secondary N) is 1. The van der Waals surface area contributed by atoms with Gasteiger partial charge in [0.15, 0.2) is 23.9 Å². The summed E-state index contributed by atoms with van der Waals surface area (Å²) >= 11 is 0. The summed E-state index contributed by atoms with van der Waals surface area (Å²) in [6.45, 7) is 0.485. The van der Waals surface area contributed by atoms with Crippen molar-refractivity contribution in [3.05, 3.63) is 83.7 Å². The minimum Gasteiger partial charge on any atom is -0.486 e. The maximum Gasteiger partial charge on any atom is 0.262 e. The smallest absolute Gasteiger partial charge is 0.262 e. The van der Waals surface area contributed by atoms with Gasteiger partial charge in [-0.15, -0.1) is 0 Å². The van der Waals surface area contributed by atoms with E-state index in [-0.39, 0.29) is 29.2 Å². The number of fused-ring (bicyclic) bond motifs is 1. The first-order valence-corrected chi connectivity index (χ1v) is 9.32. The van der Waals surface area contributed by atoms with Gasteiger partial charge in [0.25, 0.3) is 5.91 Å². The Bertz CT molecular complexity index is 1070. The summed E-state index contributed by atoms with van der Waals surface area (Å²) < 4.78 is 29.8. The molecule has 0 spiro atoms. The Balaban J connectivity index is 1.59. The van der Waals surface area contributed by atoms with Crippen LogP contribution in [0.15, 0.2) is 66.7 Å². The molecule has 0 unspecified atom stereocenters. The van der Waals surface area contributed by atoms with Crippen LogP contribution in [0.5, 0.6) is 17.2 Å². The number of anilines is 1. The van der Waals surface area contributed by atoms with Crippen molar-refractivity contribution in [2.24, 2.45) is 0 Å². The van der Waals surface area contributed by atoms with Crippen LogP contribution >= 0.6 is 0 Å². The van der Waals surface area contributed by atoms with Gasteiger partial charge in [0.2, 0.25) is 0 Å². The van der Waals surface area contributed by atoms with Crippen molar-refractivity contribution < 1.29 is 28.2 Å². The van der Waals surface area contributed by atoms with Crippen molar-refractivity contribution in [2.45, 2.75) is 0 Å². The van der Waals surface area contributed by atoms with Crippen molar-refractivity contribution >= 4 is 17.4 Å². The van der Waals surface area contributed by atoms with Crippen LogP contribution in [0.1, 0.15) is 15.9 Å². The third-order valence-electron chi connectivity index (χ3n) is 4.42. The Kier molecular flexibility index (Phi) is 5.61. The Labute approximate surface area is 172 Å². The molecule has 1 aliphatic heterocycles. The topological polar surface area (TPSA) is 73.9 Å². The SMILES string of the molecule is O=C(COc1ccccc1)Nc1cc2c(cc1C(=O)c1ccc(F)cc1)OCCO2. The molecule has 0 saturated carbocycles. The van der Waals surface area contributed by atoms with Gasteiger partial charge >= 0.3 is 0 Å². The molecule has 30 heavy (non-hydrogen) atoms. The molecule has 7 heteroatoms. The average Bonchev–Trinajstić information content (AvgIpc) is 2.78. The number of carbonyl (C=O) groups excluding carboxylic acids is 2. The molecule has 0 atom stereocenters. The quantitative estimate of drug-likeness (QED) is 0.629. The third kappa shape index (κ3) is 4.41. The largest absolute Gasteiger partial charge is 0.486 e. The maximum absolute atomic E-state index is 13.2. The number of hydrogen-bond donors (Lipinski definition) is 1. The van der Waals surface area contributed by atoms with Crippen molar-refractivity contribution in [1.82, 2.24) is 0 Å². The molecule has 0 aliphatic carbocycles. The van der Waals surface area contributed by atoms with Crippen LogP contribution in [0.3, 0.4) is 0 Å². The van der Waals surface area contributed by atoms with E-state index in [1.165, 1.54) is 30.3 Å². The maximum atomic E-state index is 13.2. The zero-order chi connectivity index (χ0) is 20.9. The van der Waals surface area contributed by atoms with E-state index >= 15 is 0 Å². The predicted molar refractivity (Wildman–Crippen MR) is 108 cm³/mol. The van der Waals surface area contributed by atoms with Crippen LogP contribution in [0.4, 0.5) is 10.1 Å². The highest BCUT2D eigenvalue weighted by Crippen LogP contribution is 2.36. The molecule has 0 saturated heterocycles. The number of para-hydroxylation sites is 1. The van der Waals surface area contributed by atoms with Gasteiger partial charge < -0.3 is 19.5 Å². The summed E-state index contributed by atoms with van der Waals surface area (Å²) in [5.41, 5.74) is 0.748. The van der Waals surface area contributed by atoms with Crippen LogP contribution in [0.25, 0.3) is 0 Å².